The summed E-state index contributed by atoms with van der Waals surface area (Å²) in [4.78, 5) is 2.95. The molecular formula is C14H18N2S. The third kappa shape index (κ3) is 1.56. The second-order valence-corrected chi connectivity index (χ2v) is 6.18. The Morgan fingerprint density at radius 2 is 2.12 bits per heavy atom. The first-order valence-corrected chi connectivity index (χ1v) is 7.18. The molecule has 0 amide bonds. The van der Waals surface area contributed by atoms with Crippen molar-refractivity contribution in [3.05, 3.63) is 27.1 Å². The van der Waals surface area contributed by atoms with Gasteiger partial charge in [0.05, 0.1) is 11.9 Å². The molecule has 0 saturated heterocycles. The summed E-state index contributed by atoms with van der Waals surface area (Å²) in [5.41, 5.74) is 5.88. The Bertz CT molecular complexity index is 563. The molecule has 0 unspecified atom stereocenters. The van der Waals surface area contributed by atoms with Crippen molar-refractivity contribution < 1.29 is 0 Å². The Morgan fingerprint density at radius 3 is 2.88 bits per heavy atom. The molecule has 0 radical (unpaired) electrons. The number of nitrogens with zero attached hydrogens (tertiary/aromatic N) is 2. The Hall–Kier alpha value is -1.09. The van der Waals surface area contributed by atoms with Crippen LogP contribution in [0.2, 0.25) is 0 Å². The van der Waals surface area contributed by atoms with Crippen molar-refractivity contribution in [2.24, 2.45) is 0 Å². The number of aromatic nitrogens is 2. The summed E-state index contributed by atoms with van der Waals surface area (Å²) in [6, 6.07) is 0. The summed E-state index contributed by atoms with van der Waals surface area (Å²) in [6.07, 6.45) is 5.73. The zero-order chi connectivity index (χ0) is 12.0. The molecular weight excluding hydrogens is 228 g/mol. The lowest BCUT2D eigenvalue weighted by Crippen LogP contribution is -2.00. The number of thiophene rings is 1. The molecule has 2 nitrogen and oxygen atoms in total. The second-order valence-electron chi connectivity index (χ2n) is 4.76. The highest BCUT2D eigenvalue weighted by Gasteiger charge is 2.23. The number of hydrogen-bond acceptors (Lipinski definition) is 2. The number of aryl methyl sites for hydroxylation is 4. The maximum absolute atomic E-state index is 4.53. The highest BCUT2D eigenvalue weighted by Crippen LogP contribution is 2.40. The van der Waals surface area contributed by atoms with E-state index in [1.165, 1.54) is 45.8 Å². The standard InChI is InChI=1S/C14H18N2S/c1-4-16-14-11(8-15-16)6-5-7-12-9(2)17-10(3)13(12)14/h8H,4-7H2,1-3H3. The number of rotatable bonds is 1. The predicted molar refractivity (Wildman–Crippen MR) is 72.7 cm³/mol. The molecule has 0 saturated carbocycles. The van der Waals surface area contributed by atoms with Crippen molar-refractivity contribution in [3.8, 4) is 11.3 Å². The second kappa shape index (κ2) is 3.98. The van der Waals surface area contributed by atoms with Gasteiger partial charge in [-0.05, 0) is 51.2 Å². The van der Waals surface area contributed by atoms with Crippen LogP contribution in [0.25, 0.3) is 11.3 Å². The van der Waals surface area contributed by atoms with Crippen LogP contribution in [0.5, 0.6) is 0 Å². The van der Waals surface area contributed by atoms with Crippen LogP contribution in [0.4, 0.5) is 0 Å². The normalized spacial score (nSPS) is 14.3. The fourth-order valence-corrected chi connectivity index (χ4v) is 4.04. The molecule has 0 aromatic carbocycles. The molecule has 0 aliphatic heterocycles. The first-order valence-electron chi connectivity index (χ1n) is 6.36. The Morgan fingerprint density at radius 1 is 1.29 bits per heavy atom. The third-order valence-corrected chi connectivity index (χ3v) is 4.77. The van der Waals surface area contributed by atoms with Crippen LogP contribution >= 0.6 is 11.3 Å². The van der Waals surface area contributed by atoms with Crippen molar-refractivity contribution in [3.63, 3.8) is 0 Å². The van der Waals surface area contributed by atoms with Gasteiger partial charge in [0.25, 0.3) is 0 Å². The summed E-state index contributed by atoms with van der Waals surface area (Å²) in [6.45, 7) is 7.64. The van der Waals surface area contributed by atoms with Gasteiger partial charge in [-0.2, -0.15) is 5.10 Å². The molecule has 3 heteroatoms. The van der Waals surface area contributed by atoms with Crippen molar-refractivity contribution in [1.29, 1.82) is 0 Å². The van der Waals surface area contributed by atoms with Crippen LogP contribution in [-0.4, -0.2) is 9.78 Å². The Labute approximate surface area is 106 Å². The third-order valence-electron chi connectivity index (χ3n) is 3.71. The van der Waals surface area contributed by atoms with Crippen LogP contribution in [0.3, 0.4) is 0 Å². The van der Waals surface area contributed by atoms with Gasteiger partial charge in [-0.1, -0.05) is 0 Å². The van der Waals surface area contributed by atoms with Gasteiger partial charge in [0, 0.05) is 21.9 Å². The van der Waals surface area contributed by atoms with E-state index in [1.54, 1.807) is 5.56 Å². The van der Waals surface area contributed by atoms with E-state index in [9.17, 15) is 0 Å². The molecule has 90 valence electrons. The maximum atomic E-state index is 4.53. The minimum Gasteiger partial charge on any atom is -0.265 e. The van der Waals surface area contributed by atoms with Gasteiger partial charge < -0.3 is 0 Å². The van der Waals surface area contributed by atoms with Gasteiger partial charge in [-0.15, -0.1) is 11.3 Å². The van der Waals surface area contributed by atoms with E-state index >= 15 is 0 Å². The minimum atomic E-state index is 0.961. The molecule has 0 spiro atoms. The first kappa shape index (κ1) is 11.0. The van der Waals surface area contributed by atoms with Gasteiger partial charge in [0.1, 0.15) is 0 Å². The predicted octanol–water partition coefficient (Wildman–Crippen LogP) is 3.74. The van der Waals surface area contributed by atoms with Gasteiger partial charge >= 0.3 is 0 Å². The molecule has 1 aliphatic carbocycles. The van der Waals surface area contributed by atoms with E-state index in [-0.39, 0.29) is 0 Å². The molecule has 2 aromatic rings. The quantitative estimate of drug-likeness (QED) is 0.749. The van der Waals surface area contributed by atoms with E-state index < -0.39 is 0 Å². The van der Waals surface area contributed by atoms with Crippen LogP contribution < -0.4 is 0 Å². The van der Waals surface area contributed by atoms with E-state index in [2.05, 4.69) is 36.7 Å². The highest BCUT2D eigenvalue weighted by molar-refractivity contribution is 7.12. The fraction of sp³-hybridized carbons (Fsp3) is 0.500. The smallest absolute Gasteiger partial charge is 0.0728 e. The lowest BCUT2D eigenvalue weighted by Gasteiger charge is -2.07. The van der Waals surface area contributed by atoms with Gasteiger partial charge in [0.2, 0.25) is 0 Å². The number of hydrogen-bond donors (Lipinski definition) is 0. The summed E-state index contributed by atoms with van der Waals surface area (Å²) in [7, 11) is 0. The fourth-order valence-electron chi connectivity index (χ4n) is 2.93. The molecule has 2 heterocycles. The largest absolute Gasteiger partial charge is 0.265 e. The number of fused-ring (bicyclic) bond motifs is 3. The van der Waals surface area contributed by atoms with Crippen molar-refractivity contribution in [2.75, 3.05) is 0 Å². The van der Waals surface area contributed by atoms with Gasteiger partial charge in [-0.3, -0.25) is 4.68 Å². The van der Waals surface area contributed by atoms with Crippen LogP contribution in [0, 0.1) is 13.8 Å². The van der Waals surface area contributed by atoms with Crippen LogP contribution in [0.1, 0.15) is 34.2 Å². The van der Waals surface area contributed by atoms with Gasteiger partial charge in [0.15, 0.2) is 0 Å². The molecule has 2 aromatic heterocycles. The average molecular weight is 246 g/mol. The average Bonchev–Trinajstić information content (AvgIpc) is 2.74. The van der Waals surface area contributed by atoms with E-state index in [0.717, 1.165) is 6.54 Å². The van der Waals surface area contributed by atoms with Crippen molar-refractivity contribution in [1.82, 2.24) is 9.78 Å². The van der Waals surface area contributed by atoms with E-state index in [0.29, 0.717) is 0 Å². The Balaban J connectivity index is 2.32. The summed E-state index contributed by atoms with van der Waals surface area (Å²) in [5, 5.41) is 4.53. The molecule has 0 fully saturated rings. The van der Waals surface area contributed by atoms with Crippen molar-refractivity contribution >= 4 is 11.3 Å². The lowest BCUT2D eigenvalue weighted by atomic mass is 10.0. The topological polar surface area (TPSA) is 17.8 Å². The summed E-state index contributed by atoms with van der Waals surface area (Å²) < 4.78 is 2.17. The minimum absolute atomic E-state index is 0.961. The van der Waals surface area contributed by atoms with Crippen molar-refractivity contribution in [2.45, 2.75) is 46.6 Å². The zero-order valence-electron chi connectivity index (χ0n) is 10.7. The molecule has 0 bridgehead atoms. The van der Waals surface area contributed by atoms with Crippen LogP contribution in [0.15, 0.2) is 6.20 Å². The van der Waals surface area contributed by atoms with Gasteiger partial charge in [-0.25, -0.2) is 0 Å². The molecule has 0 atom stereocenters. The molecule has 17 heavy (non-hydrogen) atoms. The first-order chi connectivity index (χ1) is 8.22. The summed E-state index contributed by atoms with van der Waals surface area (Å²) in [5.74, 6) is 0. The summed E-state index contributed by atoms with van der Waals surface area (Å²) >= 11 is 1.94. The lowest BCUT2D eigenvalue weighted by molar-refractivity contribution is 0.666. The van der Waals surface area contributed by atoms with E-state index in [4.69, 9.17) is 0 Å². The zero-order valence-corrected chi connectivity index (χ0v) is 11.5. The molecule has 0 N–H and O–H groups in total. The SMILES string of the molecule is CCn1ncc2c1-c1c(C)sc(C)c1CCC2. The molecule has 3 rings (SSSR count). The van der Waals surface area contributed by atoms with E-state index in [1.807, 2.05) is 11.3 Å². The Kier molecular flexibility index (Phi) is 2.58. The molecule has 1 aliphatic rings. The maximum Gasteiger partial charge on any atom is 0.0728 e. The highest BCUT2D eigenvalue weighted by atomic mass is 32.1. The van der Waals surface area contributed by atoms with Crippen LogP contribution in [-0.2, 0) is 19.4 Å². The monoisotopic (exact) mass is 246 g/mol.